The van der Waals surface area contributed by atoms with E-state index in [1.54, 1.807) is 0 Å². The van der Waals surface area contributed by atoms with Gasteiger partial charge in [-0.3, -0.25) is 0 Å². The molecule has 1 heterocycles. The van der Waals surface area contributed by atoms with E-state index in [-0.39, 0.29) is 0 Å². The van der Waals surface area contributed by atoms with Gasteiger partial charge in [0.1, 0.15) is 0 Å². The van der Waals surface area contributed by atoms with Crippen molar-refractivity contribution < 1.29 is 0 Å². The summed E-state index contributed by atoms with van der Waals surface area (Å²) in [5.74, 6) is 0. The van der Waals surface area contributed by atoms with Gasteiger partial charge in [0, 0.05) is 40.3 Å². The first kappa shape index (κ1) is 24.5. The summed E-state index contributed by atoms with van der Waals surface area (Å²) in [6.07, 6.45) is 5.71. The Labute approximate surface area is 245 Å². The summed E-state index contributed by atoms with van der Waals surface area (Å²) in [6, 6.07) is 48.4. The van der Waals surface area contributed by atoms with Gasteiger partial charge in [-0.05, 0) is 69.4 Å². The molecule has 42 heavy (non-hydrogen) atoms. The molecule has 0 saturated carbocycles. The maximum Gasteiger partial charge on any atom is 0.0625 e. The van der Waals surface area contributed by atoms with E-state index in [9.17, 15) is 0 Å². The molecule has 0 amide bonds. The van der Waals surface area contributed by atoms with E-state index >= 15 is 0 Å². The molecule has 8 rings (SSSR count). The number of fused-ring (bicyclic) bond motifs is 4. The number of rotatable bonds is 5. The van der Waals surface area contributed by atoms with Crippen LogP contribution < -0.4 is 15.8 Å². The van der Waals surface area contributed by atoms with Crippen LogP contribution >= 0.6 is 0 Å². The molecule has 0 fully saturated rings. The van der Waals surface area contributed by atoms with Gasteiger partial charge in [-0.2, -0.15) is 0 Å². The van der Waals surface area contributed by atoms with Gasteiger partial charge >= 0.3 is 0 Å². The van der Waals surface area contributed by atoms with Crippen LogP contribution in [-0.2, 0) is 0 Å². The van der Waals surface area contributed by atoms with Crippen molar-refractivity contribution >= 4 is 39.6 Å². The van der Waals surface area contributed by atoms with E-state index in [4.69, 9.17) is 0 Å². The number of para-hydroxylation sites is 2. The average molecular weight is 539 g/mol. The van der Waals surface area contributed by atoms with Gasteiger partial charge < -0.3 is 9.88 Å². The van der Waals surface area contributed by atoms with E-state index < -0.39 is 0 Å². The van der Waals surface area contributed by atoms with Gasteiger partial charge in [0.25, 0.3) is 0 Å². The van der Waals surface area contributed by atoms with E-state index in [0.29, 0.717) is 0 Å². The van der Waals surface area contributed by atoms with Crippen molar-refractivity contribution in [1.82, 2.24) is 4.57 Å². The highest BCUT2D eigenvalue weighted by Crippen LogP contribution is 2.37. The second-order valence-corrected chi connectivity index (χ2v) is 10.9. The minimum Gasteiger partial charge on any atom is -0.388 e. The van der Waals surface area contributed by atoms with E-state index in [1.165, 1.54) is 71.3 Å². The number of benzene rings is 6. The number of nitrogens with one attached hydrogen (secondary N) is 1. The van der Waals surface area contributed by atoms with E-state index in [2.05, 4.69) is 155 Å². The molecule has 0 unspecified atom stereocenters. The first-order valence-electron chi connectivity index (χ1n) is 14.6. The van der Waals surface area contributed by atoms with Gasteiger partial charge in [-0.25, -0.2) is 0 Å². The summed E-state index contributed by atoms with van der Waals surface area (Å²) in [5, 5.41) is 8.57. The van der Waals surface area contributed by atoms with Crippen LogP contribution in [0, 0.1) is 0 Å². The molecule has 0 bridgehead atoms. The molecule has 1 aliphatic carbocycles. The average Bonchev–Trinajstić information content (AvgIpc) is 3.67. The smallest absolute Gasteiger partial charge is 0.0625 e. The largest absolute Gasteiger partial charge is 0.388 e. The topological polar surface area (TPSA) is 17.0 Å². The molecule has 1 aromatic heterocycles. The summed E-state index contributed by atoms with van der Waals surface area (Å²) < 4.78 is 2.46. The van der Waals surface area contributed by atoms with Crippen LogP contribution in [0.3, 0.4) is 0 Å². The lowest BCUT2D eigenvalue weighted by Crippen LogP contribution is -2.24. The van der Waals surface area contributed by atoms with Crippen molar-refractivity contribution in [3.8, 4) is 39.1 Å². The maximum absolute atomic E-state index is 3.34. The maximum atomic E-state index is 3.34. The lowest BCUT2D eigenvalue weighted by atomic mass is 9.96. The van der Waals surface area contributed by atoms with Gasteiger partial charge in [0.05, 0.1) is 11.0 Å². The molecule has 0 atom stereocenters. The lowest BCUT2D eigenvalue weighted by Gasteiger charge is -2.14. The Morgan fingerprint density at radius 1 is 0.571 bits per heavy atom. The second-order valence-electron chi connectivity index (χ2n) is 10.9. The predicted molar refractivity (Wildman–Crippen MR) is 179 cm³/mol. The third-order valence-electron chi connectivity index (χ3n) is 8.60. The Balaban J connectivity index is 1.38. The number of aromatic nitrogens is 1. The van der Waals surface area contributed by atoms with Gasteiger partial charge in [-0.1, -0.05) is 115 Å². The molecule has 1 N–H and O–H groups in total. The molecule has 2 heteroatoms. The van der Waals surface area contributed by atoms with Crippen LogP contribution in [0.2, 0.25) is 0 Å². The van der Waals surface area contributed by atoms with Crippen molar-refractivity contribution in [3.63, 3.8) is 0 Å². The monoisotopic (exact) mass is 538 g/mol. The minimum atomic E-state index is 0.965. The Kier molecular flexibility index (Phi) is 5.79. The van der Waals surface area contributed by atoms with Crippen LogP contribution in [0.25, 0.3) is 73.0 Å². The SMILES string of the molecule is CNc1ccccc1-c1ccc(-c2c3c(cc4c5ccccc5n(-c5ccc(-c6ccccc6)cc5)c24)=CCC=3)cc1. The molecule has 0 spiro atoms. The lowest BCUT2D eigenvalue weighted by molar-refractivity contribution is 1.18. The fraction of sp³-hybridized carbons (Fsp3) is 0.0500. The summed E-state index contributed by atoms with van der Waals surface area (Å²) in [4.78, 5) is 0. The van der Waals surface area contributed by atoms with Gasteiger partial charge in [0.15, 0.2) is 0 Å². The van der Waals surface area contributed by atoms with Gasteiger partial charge in [-0.15, -0.1) is 0 Å². The third-order valence-corrected chi connectivity index (χ3v) is 8.60. The van der Waals surface area contributed by atoms with Crippen molar-refractivity contribution in [2.45, 2.75) is 6.42 Å². The molecule has 200 valence electrons. The predicted octanol–water partition coefficient (Wildman–Crippen LogP) is 8.79. The zero-order valence-electron chi connectivity index (χ0n) is 23.5. The Morgan fingerprint density at radius 2 is 1.24 bits per heavy atom. The van der Waals surface area contributed by atoms with Crippen LogP contribution in [-0.4, -0.2) is 11.6 Å². The quantitative estimate of drug-likeness (QED) is 0.232. The number of anilines is 1. The minimum absolute atomic E-state index is 0.965. The standard InChI is InChI=1S/C40H30N2/c1-41-37-16-7-5-13-33(37)29-18-20-30(21-19-29)39-34-15-9-12-31(34)26-36-35-14-6-8-17-38(35)42(40(36)39)32-24-22-28(23-25-32)27-10-3-2-4-11-27/h2-8,10-26,41H,9H2,1H3. The van der Waals surface area contributed by atoms with Crippen molar-refractivity contribution in [2.24, 2.45) is 0 Å². The first-order chi connectivity index (χ1) is 20.8. The summed E-state index contributed by atoms with van der Waals surface area (Å²) in [6.45, 7) is 0. The Hall–Kier alpha value is -5.34. The third kappa shape index (κ3) is 3.88. The molecular weight excluding hydrogens is 508 g/mol. The van der Waals surface area contributed by atoms with Crippen molar-refractivity contribution in [1.29, 1.82) is 0 Å². The molecule has 1 aliphatic rings. The highest BCUT2D eigenvalue weighted by atomic mass is 15.0. The molecule has 0 radical (unpaired) electrons. The Bertz CT molecular complexity index is 2220. The highest BCUT2D eigenvalue weighted by molar-refractivity contribution is 6.14. The first-order valence-corrected chi connectivity index (χ1v) is 14.6. The van der Waals surface area contributed by atoms with Crippen LogP contribution in [0.5, 0.6) is 0 Å². The Morgan fingerprint density at radius 3 is 2.05 bits per heavy atom. The second kappa shape index (κ2) is 9.94. The normalized spacial score (nSPS) is 12.2. The molecular formula is C40H30N2. The van der Waals surface area contributed by atoms with E-state index in [0.717, 1.165) is 12.1 Å². The fourth-order valence-electron chi connectivity index (χ4n) is 6.62. The number of hydrogen-bond donors (Lipinski definition) is 1. The van der Waals surface area contributed by atoms with Crippen molar-refractivity contribution in [2.75, 3.05) is 12.4 Å². The van der Waals surface area contributed by atoms with Crippen LogP contribution in [0.4, 0.5) is 5.69 Å². The molecule has 7 aromatic rings. The van der Waals surface area contributed by atoms with Crippen LogP contribution in [0.15, 0.2) is 133 Å². The van der Waals surface area contributed by atoms with Crippen molar-refractivity contribution in [3.05, 3.63) is 144 Å². The zero-order valence-corrected chi connectivity index (χ0v) is 23.5. The zero-order chi connectivity index (χ0) is 28.0. The number of nitrogens with zero attached hydrogens (tertiary/aromatic N) is 1. The van der Waals surface area contributed by atoms with Crippen LogP contribution in [0.1, 0.15) is 6.42 Å². The molecule has 2 nitrogen and oxygen atoms in total. The van der Waals surface area contributed by atoms with E-state index in [1.807, 2.05) is 7.05 Å². The summed E-state index contributed by atoms with van der Waals surface area (Å²) >= 11 is 0. The molecule has 6 aromatic carbocycles. The van der Waals surface area contributed by atoms with Gasteiger partial charge in [0.2, 0.25) is 0 Å². The highest BCUT2D eigenvalue weighted by Gasteiger charge is 2.19. The molecule has 0 aliphatic heterocycles. The summed E-state index contributed by atoms with van der Waals surface area (Å²) in [7, 11) is 1.98. The molecule has 0 saturated heterocycles. The fourth-order valence-corrected chi connectivity index (χ4v) is 6.62. The number of hydrogen-bond acceptors (Lipinski definition) is 1. The summed E-state index contributed by atoms with van der Waals surface area (Å²) in [5.41, 5.74) is 12.2.